The van der Waals surface area contributed by atoms with Crippen molar-refractivity contribution in [3.8, 4) is 0 Å². The number of rotatable bonds is 55. The molecule has 2 atom stereocenters. The van der Waals surface area contributed by atoms with E-state index in [2.05, 4.69) is 111 Å². The molecule has 0 N–H and O–H groups in total. The van der Waals surface area contributed by atoms with Crippen LogP contribution < -0.4 is 5.11 Å². The topological polar surface area (TPSA) is 111 Å². The summed E-state index contributed by atoms with van der Waals surface area (Å²) < 4.78 is 22.6. The monoisotopic (exact) mass is 1050 g/mol. The third-order valence-electron chi connectivity index (χ3n) is 12.8. The second kappa shape index (κ2) is 56.4. The minimum atomic E-state index is -1.64. The molecule has 0 saturated heterocycles. The van der Waals surface area contributed by atoms with E-state index in [4.69, 9.17) is 18.9 Å². The summed E-state index contributed by atoms with van der Waals surface area (Å²) in [6.07, 6.45) is 73.3. The molecule has 0 aliphatic heterocycles. The van der Waals surface area contributed by atoms with Crippen LogP contribution in [0.25, 0.3) is 0 Å². The molecule has 2 unspecified atom stereocenters. The standard InChI is InChI=1S/C66H113NO8/c1-6-8-10-12-14-16-18-20-22-24-26-28-30-31-32-33-35-36-38-40-42-44-46-48-50-52-54-56-63(68)73-60-62(61-74-66(65(70)71)72-59-58-67(3,4)5)75-64(69)57-55-53-51-49-47-45-43-41-39-37-34-29-27-25-23-21-19-17-15-13-11-9-7-2/h9,11,15,17,21,23-24,26-27,29,37,39,43,45,49,51,62,66H,6-8,10,12-14,16,18-20,22,25,28,30-36,38,40-42,44,46-48,50,52-61H2,1-5H3/b11-9-,17-15-,23-21-,26-24-,29-27-,39-37-,45-43-,51-49-. The maximum Gasteiger partial charge on any atom is 0.306 e. The van der Waals surface area contributed by atoms with Gasteiger partial charge in [0.1, 0.15) is 13.2 Å². The third-order valence-corrected chi connectivity index (χ3v) is 12.8. The van der Waals surface area contributed by atoms with Gasteiger partial charge in [0, 0.05) is 12.8 Å². The molecule has 0 fully saturated rings. The molecule has 9 nitrogen and oxygen atoms in total. The van der Waals surface area contributed by atoms with Crippen LogP contribution in [0, 0.1) is 0 Å². The van der Waals surface area contributed by atoms with Crippen LogP contribution in [0.5, 0.6) is 0 Å². The number of allylic oxidation sites excluding steroid dienone is 16. The van der Waals surface area contributed by atoms with Crippen LogP contribution in [0.1, 0.15) is 245 Å². The number of carbonyl (C=O) groups is 3. The van der Waals surface area contributed by atoms with Crippen molar-refractivity contribution >= 4 is 17.9 Å². The molecular weight excluding hydrogens is 935 g/mol. The van der Waals surface area contributed by atoms with Crippen molar-refractivity contribution in [1.82, 2.24) is 0 Å². The number of hydrogen-bond donors (Lipinski definition) is 0. The number of nitrogens with zero attached hydrogens (tertiary/aromatic N) is 1. The van der Waals surface area contributed by atoms with Crippen molar-refractivity contribution in [2.45, 2.75) is 257 Å². The Morgan fingerprint density at radius 2 is 0.773 bits per heavy atom. The number of esters is 2. The number of likely N-dealkylation sites (N-methyl/N-ethyl adjacent to an activating group) is 1. The van der Waals surface area contributed by atoms with Gasteiger partial charge in [0.2, 0.25) is 0 Å². The Bertz CT molecular complexity index is 1550. The number of unbranched alkanes of at least 4 members (excludes halogenated alkanes) is 24. The highest BCUT2D eigenvalue weighted by Crippen LogP contribution is 2.16. The fourth-order valence-corrected chi connectivity index (χ4v) is 8.17. The number of ether oxygens (including phenoxy) is 4. The molecule has 0 spiro atoms. The highest BCUT2D eigenvalue weighted by Gasteiger charge is 2.22. The summed E-state index contributed by atoms with van der Waals surface area (Å²) in [4.78, 5) is 37.3. The van der Waals surface area contributed by atoms with Gasteiger partial charge in [-0.3, -0.25) is 9.59 Å². The number of quaternary nitrogens is 1. The largest absolute Gasteiger partial charge is 0.545 e. The summed E-state index contributed by atoms with van der Waals surface area (Å²) in [6, 6.07) is 0. The summed E-state index contributed by atoms with van der Waals surface area (Å²) >= 11 is 0. The second-order valence-corrected chi connectivity index (χ2v) is 21.3. The molecule has 0 heterocycles. The van der Waals surface area contributed by atoms with Gasteiger partial charge in [0.25, 0.3) is 0 Å². The van der Waals surface area contributed by atoms with Gasteiger partial charge in [-0.25, -0.2) is 0 Å². The van der Waals surface area contributed by atoms with Crippen LogP contribution in [-0.4, -0.2) is 82.3 Å². The van der Waals surface area contributed by atoms with Crippen LogP contribution in [0.2, 0.25) is 0 Å². The zero-order valence-corrected chi connectivity index (χ0v) is 48.9. The molecule has 9 heteroatoms. The van der Waals surface area contributed by atoms with Crippen LogP contribution in [0.4, 0.5) is 0 Å². The Morgan fingerprint density at radius 3 is 1.19 bits per heavy atom. The van der Waals surface area contributed by atoms with Crippen molar-refractivity contribution in [3.05, 3.63) is 97.2 Å². The van der Waals surface area contributed by atoms with Crippen molar-refractivity contribution in [2.75, 3.05) is 47.5 Å². The van der Waals surface area contributed by atoms with E-state index < -0.39 is 24.3 Å². The molecule has 0 radical (unpaired) electrons. The van der Waals surface area contributed by atoms with Gasteiger partial charge in [-0.05, 0) is 89.9 Å². The minimum absolute atomic E-state index is 0.132. The van der Waals surface area contributed by atoms with Crippen molar-refractivity contribution in [3.63, 3.8) is 0 Å². The first kappa shape index (κ1) is 71.2. The van der Waals surface area contributed by atoms with Gasteiger partial charge in [-0.2, -0.15) is 0 Å². The van der Waals surface area contributed by atoms with E-state index in [1.54, 1.807) is 0 Å². The summed E-state index contributed by atoms with van der Waals surface area (Å²) in [5.41, 5.74) is 0. The van der Waals surface area contributed by atoms with Gasteiger partial charge >= 0.3 is 11.9 Å². The molecule has 75 heavy (non-hydrogen) atoms. The smallest absolute Gasteiger partial charge is 0.306 e. The summed E-state index contributed by atoms with van der Waals surface area (Å²) in [5, 5.41) is 11.8. The van der Waals surface area contributed by atoms with Crippen LogP contribution in [-0.2, 0) is 33.3 Å². The van der Waals surface area contributed by atoms with E-state index in [1.807, 2.05) is 21.1 Å². The first-order valence-electron chi connectivity index (χ1n) is 30.4. The number of aliphatic carboxylic acids is 1. The molecule has 0 aliphatic rings. The Morgan fingerprint density at radius 1 is 0.413 bits per heavy atom. The first-order chi connectivity index (χ1) is 36.6. The first-order valence-corrected chi connectivity index (χ1v) is 30.4. The minimum Gasteiger partial charge on any atom is -0.545 e. The molecule has 0 saturated carbocycles. The molecule has 0 aliphatic carbocycles. The highest BCUT2D eigenvalue weighted by molar-refractivity contribution is 5.70. The summed E-state index contributed by atoms with van der Waals surface area (Å²) in [7, 11) is 5.90. The zero-order valence-electron chi connectivity index (χ0n) is 48.9. The average Bonchev–Trinajstić information content (AvgIpc) is 3.38. The summed E-state index contributed by atoms with van der Waals surface area (Å²) in [5.74, 6) is -2.37. The zero-order chi connectivity index (χ0) is 54.8. The highest BCUT2D eigenvalue weighted by atomic mass is 16.7. The normalized spacial score (nSPS) is 13.5. The molecule has 0 aromatic rings. The number of hydrogen-bond acceptors (Lipinski definition) is 8. The lowest BCUT2D eigenvalue weighted by Crippen LogP contribution is -2.44. The molecule has 0 amide bonds. The van der Waals surface area contributed by atoms with E-state index in [0.717, 1.165) is 64.2 Å². The average molecular weight is 1050 g/mol. The predicted octanol–water partition coefficient (Wildman–Crippen LogP) is 16.8. The van der Waals surface area contributed by atoms with E-state index >= 15 is 0 Å². The van der Waals surface area contributed by atoms with E-state index in [-0.39, 0.29) is 38.6 Å². The lowest BCUT2D eigenvalue weighted by molar-refractivity contribution is -0.870. The molecule has 0 aromatic heterocycles. The molecule has 0 bridgehead atoms. The Kier molecular flexibility index (Phi) is 53.6. The van der Waals surface area contributed by atoms with Crippen molar-refractivity contribution in [1.29, 1.82) is 0 Å². The lowest BCUT2D eigenvalue weighted by atomic mass is 10.0. The predicted molar refractivity (Wildman–Crippen MR) is 315 cm³/mol. The lowest BCUT2D eigenvalue weighted by Gasteiger charge is -2.26. The van der Waals surface area contributed by atoms with Crippen molar-refractivity contribution < 1.29 is 42.9 Å². The van der Waals surface area contributed by atoms with Crippen molar-refractivity contribution in [2.24, 2.45) is 0 Å². The third kappa shape index (κ3) is 57.7. The summed E-state index contributed by atoms with van der Waals surface area (Å²) in [6.45, 7) is 4.57. The van der Waals surface area contributed by atoms with Crippen LogP contribution in [0.3, 0.4) is 0 Å². The number of carbonyl (C=O) groups excluding carboxylic acids is 3. The molecule has 0 aromatic carbocycles. The molecule has 430 valence electrons. The Balaban J connectivity index is 4.29. The Hall–Kier alpha value is -3.79. The fraction of sp³-hybridized carbons (Fsp3) is 0.712. The van der Waals surface area contributed by atoms with E-state index in [9.17, 15) is 19.5 Å². The maximum atomic E-state index is 12.8. The number of carboxylic acids is 1. The van der Waals surface area contributed by atoms with Crippen LogP contribution >= 0.6 is 0 Å². The fourth-order valence-electron chi connectivity index (χ4n) is 8.17. The van der Waals surface area contributed by atoms with Gasteiger partial charge in [0.15, 0.2) is 12.4 Å². The molecule has 0 rings (SSSR count). The SMILES string of the molecule is CC/C=C\C/C=C\C/C=C\C/C=C\C/C=C\C/C=C\C/C=C\CCCC(=O)OC(COC(=O)CCCCCCCCCCCCCCCCC/C=C\CCCCCCCCCC)COC(OCC[N+](C)(C)C)C(=O)[O-]. The van der Waals surface area contributed by atoms with Gasteiger partial charge in [-0.15, -0.1) is 0 Å². The van der Waals surface area contributed by atoms with E-state index in [0.29, 0.717) is 23.9 Å². The molecular formula is C66H113NO8. The van der Waals surface area contributed by atoms with Crippen LogP contribution in [0.15, 0.2) is 97.2 Å². The van der Waals surface area contributed by atoms with E-state index in [1.165, 1.54) is 141 Å². The quantitative estimate of drug-likeness (QED) is 0.0195. The van der Waals surface area contributed by atoms with Gasteiger partial charge in [0.05, 0.1) is 40.3 Å². The Labute approximate surface area is 461 Å². The van der Waals surface area contributed by atoms with Gasteiger partial charge in [-0.1, -0.05) is 239 Å². The van der Waals surface area contributed by atoms with Gasteiger partial charge < -0.3 is 33.3 Å². The maximum absolute atomic E-state index is 12.8. The second-order valence-electron chi connectivity index (χ2n) is 21.3. The number of carboxylic acid groups (broad SMARTS) is 1.